The summed E-state index contributed by atoms with van der Waals surface area (Å²) in [6, 6.07) is 14.7. The molecule has 0 radical (unpaired) electrons. The molecular weight excluding hydrogens is 421 g/mol. The second-order valence-electron chi connectivity index (χ2n) is 7.02. The van der Waals surface area contributed by atoms with Crippen molar-refractivity contribution in [3.8, 4) is 17.0 Å². The van der Waals surface area contributed by atoms with Gasteiger partial charge in [0, 0.05) is 12.6 Å². The molecule has 2 aromatic carbocycles. The molecule has 1 amide bonds. The first kappa shape index (κ1) is 20.8. The van der Waals surface area contributed by atoms with Crippen LogP contribution in [0.25, 0.3) is 22.4 Å². The number of para-hydroxylation sites is 1. The van der Waals surface area contributed by atoms with Crippen molar-refractivity contribution in [3.05, 3.63) is 76.7 Å². The fraction of sp³-hybridized carbons (Fsp3) is 0.174. The third kappa shape index (κ3) is 4.36. The SMILES string of the molecule is Cc1noc2nc(-c3ccc(F)cc3)cc(C(=O)N(C)CCOc3ccccc3Cl)c12. The number of aromatic nitrogens is 2. The summed E-state index contributed by atoms with van der Waals surface area (Å²) in [5.74, 6) is -0.0236. The van der Waals surface area contributed by atoms with Gasteiger partial charge >= 0.3 is 0 Å². The zero-order valence-corrected chi connectivity index (χ0v) is 17.7. The predicted octanol–water partition coefficient (Wildman–Crippen LogP) is 5.14. The Hall–Kier alpha value is -3.45. The lowest BCUT2D eigenvalue weighted by molar-refractivity contribution is 0.0775. The minimum Gasteiger partial charge on any atom is -0.490 e. The number of likely N-dealkylation sites (N-methyl/N-ethyl adjacent to an activating group) is 1. The highest BCUT2D eigenvalue weighted by atomic mass is 35.5. The molecule has 0 unspecified atom stereocenters. The molecule has 0 aliphatic heterocycles. The molecular formula is C23H19ClFN3O3. The molecule has 0 fully saturated rings. The number of pyridine rings is 1. The number of amides is 1. The van der Waals surface area contributed by atoms with Gasteiger partial charge in [0.25, 0.3) is 11.6 Å². The summed E-state index contributed by atoms with van der Waals surface area (Å²) in [6.45, 7) is 2.36. The molecule has 0 spiro atoms. The Kier molecular flexibility index (Phi) is 5.86. The van der Waals surface area contributed by atoms with E-state index in [2.05, 4.69) is 10.1 Å². The minimum atomic E-state index is -0.352. The first-order valence-corrected chi connectivity index (χ1v) is 9.97. The van der Waals surface area contributed by atoms with E-state index >= 15 is 0 Å². The predicted molar refractivity (Wildman–Crippen MR) is 116 cm³/mol. The number of hydrogen-bond donors (Lipinski definition) is 0. The normalized spacial score (nSPS) is 11.0. The maximum Gasteiger partial charge on any atom is 0.259 e. The smallest absolute Gasteiger partial charge is 0.259 e. The van der Waals surface area contributed by atoms with Gasteiger partial charge in [-0.15, -0.1) is 0 Å². The number of aryl methyl sites for hydroxylation is 1. The maximum absolute atomic E-state index is 13.3. The lowest BCUT2D eigenvalue weighted by Gasteiger charge is -2.18. The van der Waals surface area contributed by atoms with Gasteiger partial charge in [0.2, 0.25) is 0 Å². The maximum atomic E-state index is 13.3. The summed E-state index contributed by atoms with van der Waals surface area (Å²) in [4.78, 5) is 19.2. The van der Waals surface area contributed by atoms with E-state index in [1.807, 2.05) is 12.1 Å². The van der Waals surface area contributed by atoms with Gasteiger partial charge in [-0.3, -0.25) is 4.79 Å². The van der Waals surface area contributed by atoms with E-state index in [0.717, 1.165) is 0 Å². The molecule has 0 atom stereocenters. The summed E-state index contributed by atoms with van der Waals surface area (Å²) in [5.41, 5.74) is 2.38. The quantitative estimate of drug-likeness (QED) is 0.416. The Bertz CT molecular complexity index is 1240. The van der Waals surface area contributed by atoms with Crippen LogP contribution in [0.4, 0.5) is 4.39 Å². The van der Waals surface area contributed by atoms with Crippen molar-refractivity contribution in [3.63, 3.8) is 0 Å². The summed E-state index contributed by atoms with van der Waals surface area (Å²) in [6.07, 6.45) is 0. The molecule has 2 aromatic heterocycles. The Labute approximate surface area is 183 Å². The Morgan fingerprint density at radius 2 is 1.94 bits per heavy atom. The number of carbonyl (C=O) groups excluding carboxylic acids is 1. The van der Waals surface area contributed by atoms with Crippen LogP contribution in [-0.2, 0) is 0 Å². The zero-order valence-electron chi connectivity index (χ0n) is 16.9. The van der Waals surface area contributed by atoms with Crippen LogP contribution < -0.4 is 4.74 Å². The lowest BCUT2D eigenvalue weighted by Crippen LogP contribution is -2.31. The van der Waals surface area contributed by atoms with Gasteiger partial charge in [0.15, 0.2) is 0 Å². The molecule has 8 heteroatoms. The first-order chi connectivity index (χ1) is 14.9. The van der Waals surface area contributed by atoms with E-state index in [1.165, 1.54) is 12.1 Å². The zero-order chi connectivity index (χ0) is 22.0. The molecule has 0 aliphatic carbocycles. The fourth-order valence-corrected chi connectivity index (χ4v) is 3.38. The number of halogens is 2. The van der Waals surface area contributed by atoms with Crippen molar-refractivity contribution < 1.29 is 18.4 Å². The fourth-order valence-electron chi connectivity index (χ4n) is 3.19. The number of fused-ring (bicyclic) bond motifs is 1. The third-order valence-electron chi connectivity index (χ3n) is 4.86. The van der Waals surface area contributed by atoms with E-state index in [4.69, 9.17) is 20.9 Å². The number of hydrogen-bond acceptors (Lipinski definition) is 5. The van der Waals surface area contributed by atoms with Crippen molar-refractivity contribution in [2.45, 2.75) is 6.92 Å². The molecule has 158 valence electrons. The Morgan fingerprint density at radius 1 is 1.19 bits per heavy atom. The Balaban J connectivity index is 1.59. The van der Waals surface area contributed by atoms with Crippen LogP contribution in [-0.4, -0.2) is 41.1 Å². The highest BCUT2D eigenvalue weighted by Gasteiger charge is 2.22. The van der Waals surface area contributed by atoms with Gasteiger partial charge < -0.3 is 14.2 Å². The number of ether oxygens (including phenoxy) is 1. The number of rotatable bonds is 6. The van der Waals surface area contributed by atoms with Crippen molar-refractivity contribution in [1.82, 2.24) is 15.0 Å². The molecule has 2 heterocycles. The van der Waals surface area contributed by atoms with Gasteiger partial charge in [0.05, 0.1) is 33.9 Å². The second kappa shape index (κ2) is 8.73. The Morgan fingerprint density at radius 3 is 2.68 bits per heavy atom. The average Bonchev–Trinajstić information content (AvgIpc) is 3.15. The molecule has 0 aliphatic rings. The highest BCUT2D eigenvalue weighted by molar-refractivity contribution is 6.32. The van der Waals surface area contributed by atoms with E-state index < -0.39 is 0 Å². The van der Waals surface area contributed by atoms with Gasteiger partial charge in [-0.2, -0.15) is 0 Å². The number of benzene rings is 2. The second-order valence-corrected chi connectivity index (χ2v) is 7.42. The van der Waals surface area contributed by atoms with E-state index in [1.54, 1.807) is 49.2 Å². The summed E-state index contributed by atoms with van der Waals surface area (Å²) in [7, 11) is 1.69. The lowest BCUT2D eigenvalue weighted by atomic mass is 10.0. The van der Waals surface area contributed by atoms with Crippen molar-refractivity contribution >= 4 is 28.6 Å². The minimum absolute atomic E-state index is 0.232. The molecule has 31 heavy (non-hydrogen) atoms. The molecule has 0 saturated heterocycles. The molecule has 4 aromatic rings. The topological polar surface area (TPSA) is 68.5 Å². The molecule has 0 saturated carbocycles. The van der Waals surface area contributed by atoms with Crippen LogP contribution in [0.3, 0.4) is 0 Å². The summed E-state index contributed by atoms with van der Waals surface area (Å²) >= 11 is 6.10. The van der Waals surface area contributed by atoms with E-state index in [0.29, 0.717) is 45.2 Å². The van der Waals surface area contributed by atoms with Crippen LogP contribution in [0.1, 0.15) is 16.1 Å². The van der Waals surface area contributed by atoms with Crippen LogP contribution in [0, 0.1) is 12.7 Å². The standard InChI is InChI=1S/C23H19ClFN3O3/c1-14-21-17(23(29)28(2)11-12-30-20-6-4-3-5-18(20)24)13-19(26-22(21)31-27-14)15-7-9-16(25)10-8-15/h3-10,13H,11-12H2,1-2H3. The van der Waals surface area contributed by atoms with Gasteiger partial charge in [-0.1, -0.05) is 28.9 Å². The number of carbonyl (C=O) groups is 1. The molecule has 0 N–H and O–H groups in total. The highest BCUT2D eigenvalue weighted by Crippen LogP contribution is 2.28. The third-order valence-corrected chi connectivity index (χ3v) is 5.17. The summed E-state index contributed by atoms with van der Waals surface area (Å²) in [5, 5.41) is 5.01. The average molecular weight is 440 g/mol. The molecule has 0 bridgehead atoms. The van der Waals surface area contributed by atoms with Crippen molar-refractivity contribution in [2.75, 3.05) is 20.2 Å². The van der Waals surface area contributed by atoms with Crippen LogP contribution in [0.15, 0.2) is 59.1 Å². The van der Waals surface area contributed by atoms with Crippen molar-refractivity contribution in [1.29, 1.82) is 0 Å². The number of nitrogens with zero attached hydrogens (tertiary/aromatic N) is 3. The van der Waals surface area contributed by atoms with E-state index in [-0.39, 0.29) is 24.0 Å². The monoisotopic (exact) mass is 439 g/mol. The van der Waals surface area contributed by atoms with Crippen LogP contribution >= 0.6 is 11.6 Å². The largest absolute Gasteiger partial charge is 0.490 e. The summed E-state index contributed by atoms with van der Waals surface area (Å²) < 4.78 is 24.3. The van der Waals surface area contributed by atoms with Crippen LogP contribution in [0.5, 0.6) is 5.75 Å². The molecule has 6 nitrogen and oxygen atoms in total. The van der Waals surface area contributed by atoms with Crippen molar-refractivity contribution in [2.24, 2.45) is 0 Å². The van der Waals surface area contributed by atoms with Crippen LogP contribution in [0.2, 0.25) is 5.02 Å². The van der Waals surface area contributed by atoms with Gasteiger partial charge in [0.1, 0.15) is 18.2 Å². The van der Waals surface area contributed by atoms with Gasteiger partial charge in [-0.25, -0.2) is 9.37 Å². The van der Waals surface area contributed by atoms with Gasteiger partial charge in [-0.05, 0) is 49.4 Å². The van der Waals surface area contributed by atoms with E-state index in [9.17, 15) is 9.18 Å². The molecule has 4 rings (SSSR count). The first-order valence-electron chi connectivity index (χ1n) is 9.60.